The van der Waals surface area contributed by atoms with E-state index in [9.17, 15) is 0 Å². The van der Waals surface area contributed by atoms with Crippen LogP contribution in [-0.4, -0.2) is 62.5 Å². The normalized spacial score (nSPS) is 21.7. The van der Waals surface area contributed by atoms with E-state index in [2.05, 4.69) is 55.3 Å². The summed E-state index contributed by atoms with van der Waals surface area (Å²) in [6.45, 7) is 11.9. The van der Waals surface area contributed by atoms with Crippen molar-refractivity contribution in [2.24, 2.45) is 4.99 Å². The lowest BCUT2D eigenvalue weighted by Crippen LogP contribution is -2.47. The van der Waals surface area contributed by atoms with Crippen molar-refractivity contribution in [1.82, 2.24) is 10.2 Å². The smallest absolute Gasteiger partial charge is 0.193 e. The van der Waals surface area contributed by atoms with Gasteiger partial charge in [0, 0.05) is 38.7 Å². The van der Waals surface area contributed by atoms with Gasteiger partial charge in [0.25, 0.3) is 0 Å². The number of guanidine groups is 1. The number of ether oxygens (including phenoxy) is 2. The van der Waals surface area contributed by atoms with Gasteiger partial charge in [0.05, 0.1) is 18.8 Å². The summed E-state index contributed by atoms with van der Waals surface area (Å²) in [5.74, 6) is 1.46. The Morgan fingerprint density at radius 1 is 1.24 bits per heavy atom. The number of aliphatic imine (C=N–C) groups is 1. The lowest BCUT2D eigenvalue weighted by molar-refractivity contribution is -0.0367. The molecule has 2 unspecified atom stereocenters. The average Bonchev–Trinajstić information content (AvgIpc) is 3.24. The number of likely N-dealkylation sites (tertiary alicyclic amines) is 1. The van der Waals surface area contributed by atoms with Crippen LogP contribution in [0.3, 0.4) is 0 Å². The summed E-state index contributed by atoms with van der Waals surface area (Å²) in [6.07, 6.45) is 5.12. The van der Waals surface area contributed by atoms with Crippen molar-refractivity contribution >= 4 is 29.9 Å². The summed E-state index contributed by atoms with van der Waals surface area (Å²) in [5.41, 5.74) is 2.66. The molecule has 1 aromatic carbocycles. The Balaban J connectivity index is 0.00000300. The van der Waals surface area contributed by atoms with E-state index in [1.807, 2.05) is 0 Å². The summed E-state index contributed by atoms with van der Waals surface area (Å²) in [6, 6.07) is 8.81. The fraction of sp³-hybridized carbons (Fsp3) is 0.696. The summed E-state index contributed by atoms with van der Waals surface area (Å²) >= 11 is 0. The van der Waals surface area contributed by atoms with Crippen molar-refractivity contribution in [2.45, 2.75) is 64.6 Å². The van der Waals surface area contributed by atoms with Crippen LogP contribution >= 0.6 is 24.0 Å². The number of nitrogens with one attached hydrogen (secondary N) is 1. The monoisotopic (exact) mass is 515 g/mol. The highest BCUT2D eigenvalue weighted by atomic mass is 127. The molecule has 29 heavy (non-hydrogen) atoms. The molecule has 5 nitrogen and oxygen atoms in total. The average molecular weight is 515 g/mol. The second-order valence-electron chi connectivity index (χ2n) is 8.16. The van der Waals surface area contributed by atoms with Crippen molar-refractivity contribution in [3.05, 3.63) is 35.4 Å². The van der Waals surface area contributed by atoms with Crippen molar-refractivity contribution in [3.63, 3.8) is 0 Å². The van der Waals surface area contributed by atoms with Crippen molar-refractivity contribution < 1.29 is 9.47 Å². The summed E-state index contributed by atoms with van der Waals surface area (Å²) in [7, 11) is 0. The topological polar surface area (TPSA) is 46.1 Å². The standard InChI is InChI=1S/C23H37N3O2.HI/c1-4-24-23(25-16-19(3)20-9-7-18(2)8-10-20)26-13-11-21(12-14-26)28-17-22-6-5-15-27-22;/h7-10,19,21-22H,4-6,11-17H2,1-3H3,(H,24,25);1H. The highest BCUT2D eigenvalue weighted by Gasteiger charge is 2.24. The molecule has 1 aromatic rings. The van der Waals surface area contributed by atoms with Gasteiger partial charge in [-0.1, -0.05) is 36.8 Å². The number of hydrogen-bond donors (Lipinski definition) is 1. The van der Waals surface area contributed by atoms with Crippen LogP contribution in [0.2, 0.25) is 0 Å². The molecule has 0 saturated carbocycles. The Kier molecular flexibility index (Phi) is 10.7. The maximum atomic E-state index is 6.11. The van der Waals surface area contributed by atoms with Gasteiger partial charge in [-0.3, -0.25) is 4.99 Å². The lowest BCUT2D eigenvalue weighted by atomic mass is 10.0. The summed E-state index contributed by atoms with van der Waals surface area (Å²) < 4.78 is 11.8. The Labute approximate surface area is 193 Å². The minimum atomic E-state index is 0. The first-order chi connectivity index (χ1) is 13.7. The first-order valence-electron chi connectivity index (χ1n) is 11.0. The van der Waals surface area contributed by atoms with Gasteiger partial charge in [-0.25, -0.2) is 0 Å². The predicted octanol–water partition coefficient (Wildman–Crippen LogP) is 4.34. The van der Waals surface area contributed by atoms with E-state index in [1.165, 1.54) is 17.5 Å². The number of piperidine rings is 1. The highest BCUT2D eigenvalue weighted by molar-refractivity contribution is 14.0. The maximum Gasteiger partial charge on any atom is 0.193 e. The summed E-state index contributed by atoms with van der Waals surface area (Å²) in [4.78, 5) is 7.33. The molecule has 0 aliphatic carbocycles. The minimum absolute atomic E-state index is 0. The van der Waals surface area contributed by atoms with Crippen LogP contribution in [0.15, 0.2) is 29.3 Å². The number of nitrogens with zero attached hydrogens (tertiary/aromatic N) is 2. The molecule has 0 spiro atoms. The molecule has 2 aliphatic heterocycles. The molecule has 0 aromatic heterocycles. The van der Waals surface area contributed by atoms with Crippen molar-refractivity contribution in [3.8, 4) is 0 Å². The molecule has 164 valence electrons. The quantitative estimate of drug-likeness (QED) is 0.334. The minimum Gasteiger partial charge on any atom is -0.376 e. The van der Waals surface area contributed by atoms with Gasteiger partial charge >= 0.3 is 0 Å². The first-order valence-corrected chi connectivity index (χ1v) is 11.0. The second-order valence-corrected chi connectivity index (χ2v) is 8.16. The molecule has 0 radical (unpaired) electrons. The molecule has 2 fully saturated rings. The molecular weight excluding hydrogens is 477 g/mol. The van der Waals surface area contributed by atoms with Gasteiger partial charge in [0.15, 0.2) is 5.96 Å². The highest BCUT2D eigenvalue weighted by Crippen LogP contribution is 2.19. The van der Waals surface area contributed by atoms with Crippen molar-refractivity contribution in [1.29, 1.82) is 0 Å². The van der Waals surface area contributed by atoms with E-state index < -0.39 is 0 Å². The maximum absolute atomic E-state index is 6.11. The van der Waals surface area contributed by atoms with Crippen LogP contribution in [0.4, 0.5) is 0 Å². The van der Waals surface area contributed by atoms with Gasteiger partial charge in [-0.15, -0.1) is 24.0 Å². The molecule has 2 heterocycles. The molecule has 2 aliphatic rings. The lowest BCUT2D eigenvalue weighted by Gasteiger charge is -2.34. The summed E-state index contributed by atoms with van der Waals surface area (Å²) in [5, 5.41) is 3.47. The van der Waals surface area contributed by atoms with E-state index in [0.717, 1.165) is 64.6 Å². The van der Waals surface area contributed by atoms with Crippen LogP contribution in [0.5, 0.6) is 0 Å². The van der Waals surface area contributed by atoms with E-state index in [4.69, 9.17) is 14.5 Å². The Morgan fingerprint density at radius 3 is 2.59 bits per heavy atom. The third-order valence-electron chi connectivity index (χ3n) is 5.78. The number of rotatable bonds is 7. The van der Waals surface area contributed by atoms with E-state index in [-0.39, 0.29) is 24.0 Å². The number of benzene rings is 1. The zero-order chi connectivity index (χ0) is 19.8. The second kappa shape index (κ2) is 12.7. The fourth-order valence-electron chi connectivity index (χ4n) is 3.90. The molecule has 1 N–H and O–H groups in total. The molecule has 0 bridgehead atoms. The predicted molar refractivity (Wildman–Crippen MR) is 131 cm³/mol. The number of aryl methyl sites for hydroxylation is 1. The molecule has 0 amide bonds. The van der Waals surface area contributed by atoms with Crippen LogP contribution in [-0.2, 0) is 9.47 Å². The third-order valence-corrected chi connectivity index (χ3v) is 5.78. The molecule has 2 atom stereocenters. The van der Waals surface area contributed by atoms with Crippen molar-refractivity contribution in [2.75, 3.05) is 39.4 Å². The van der Waals surface area contributed by atoms with Gasteiger partial charge in [-0.2, -0.15) is 0 Å². The van der Waals surface area contributed by atoms with Crippen LogP contribution in [0, 0.1) is 6.92 Å². The van der Waals surface area contributed by atoms with Gasteiger partial charge in [-0.05, 0) is 45.1 Å². The van der Waals surface area contributed by atoms with E-state index in [1.54, 1.807) is 0 Å². The van der Waals surface area contributed by atoms with Gasteiger partial charge in [0.1, 0.15) is 0 Å². The van der Waals surface area contributed by atoms with Crippen LogP contribution < -0.4 is 5.32 Å². The van der Waals surface area contributed by atoms with E-state index >= 15 is 0 Å². The van der Waals surface area contributed by atoms with Gasteiger partial charge in [0.2, 0.25) is 0 Å². The molecule has 3 rings (SSSR count). The molecule has 2 saturated heterocycles. The first kappa shape index (κ1) is 24.4. The number of hydrogen-bond acceptors (Lipinski definition) is 3. The molecular formula is C23H38IN3O2. The Bertz CT molecular complexity index is 609. The number of halogens is 1. The van der Waals surface area contributed by atoms with E-state index in [0.29, 0.717) is 18.1 Å². The third kappa shape index (κ3) is 7.72. The molecule has 6 heteroatoms. The van der Waals surface area contributed by atoms with Gasteiger partial charge < -0.3 is 19.7 Å². The Hall–Kier alpha value is -0.860. The van der Waals surface area contributed by atoms with Crippen LogP contribution in [0.25, 0.3) is 0 Å². The zero-order valence-corrected chi connectivity index (χ0v) is 20.6. The Morgan fingerprint density at radius 2 is 1.97 bits per heavy atom. The zero-order valence-electron chi connectivity index (χ0n) is 18.2. The largest absolute Gasteiger partial charge is 0.376 e. The SMILES string of the molecule is CCNC(=NCC(C)c1ccc(C)cc1)N1CCC(OCC2CCCO2)CC1.I. The fourth-order valence-corrected chi connectivity index (χ4v) is 3.90. The van der Waals surface area contributed by atoms with Crippen LogP contribution in [0.1, 0.15) is 56.6 Å².